The molecule has 44 heavy (non-hydrogen) atoms. The molecule has 0 bridgehead atoms. The second-order valence-corrected chi connectivity index (χ2v) is 11.7. The van der Waals surface area contributed by atoms with E-state index in [1.54, 1.807) is 41.3 Å². The highest BCUT2D eigenvalue weighted by Crippen LogP contribution is 2.23. The Morgan fingerprint density at radius 1 is 0.818 bits per heavy atom. The van der Waals surface area contributed by atoms with Crippen LogP contribution < -0.4 is 10.6 Å². The summed E-state index contributed by atoms with van der Waals surface area (Å²) < 4.78 is 0. The Morgan fingerprint density at radius 3 is 1.95 bits per heavy atom. The second kappa shape index (κ2) is 14.2. The molecule has 0 unspecified atom stereocenters. The van der Waals surface area contributed by atoms with Gasteiger partial charge in [0.15, 0.2) is 0 Å². The van der Waals surface area contributed by atoms with Crippen molar-refractivity contribution in [3.05, 3.63) is 59.7 Å². The van der Waals surface area contributed by atoms with Gasteiger partial charge in [0.1, 0.15) is 29.1 Å². The van der Waals surface area contributed by atoms with Crippen molar-refractivity contribution in [2.75, 3.05) is 19.6 Å². The van der Waals surface area contributed by atoms with E-state index in [0.29, 0.717) is 50.6 Å². The first-order chi connectivity index (χ1) is 21.0. The summed E-state index contributed by atoms with van der Waals surface area (Å²) in [7, 11) is 0. The highest BCUT2D eigenvalue weighted by atomic mass is 16.4. The van der Waals surface area contributed by atoms with Gasteiger partial charge >= 0.3 is 5.97 Å². The first kappa shape index (κ1) is 32.3. The number of benzene rings is 2. The van der Waals surface area contributed by atoms with Crippen LogP contribution in [0.2, 0.25) is 0 Å². The number of aryl methyl sites for hydroxylation is 1. The first-order valence-electron chi connectivity index (χ1n) is 14.9. The summed E-state index contributed by atoms with van der Waals surface area (Å²) in [6.07, 6.45) is 3.47. The summed E-state index contributed by atoms with van der Waals surface area (Å²) in [6, 6.07) is 11.3. The van der Waals surface area contributed by atoms with Gasteiger partial charge in [-0.05, 0) is 80.8 Å². The molecule has 2 aliphatic heterocycles. The fourth-order valence-electron chi connectivity index (χ4n) is 5.92. The molecule has 0 saturated carbocycles. The predicted molar refractivity (Wildman–Crippen MR) is 160 cm³/mol. The van der Waals surface area contributed by atoms with Crippen molar-refractivity contribution in [3.63, 3.8) is 0 Å². The molecule has 0 radical (unpaired) electrons. The molecular weight excluding hydrogens is 568 g/mol. The molecule has 2 aromatic rings. The van der Waals surface area contributed by atoms with Crippen LogP contribution in [-0.2, 0) is 36.8 Å². The molecule has 0 spiro atoms. The van der Waals surface area contributed by atoms with Crippen molar-refractivity contribution in [3.8, 4) is 11.5 Å². The molecule has 2 fully saturated rings. The minimum atomic E-state index is -1.53. The smallest absolute Gasteiger partial charge is 0.326 e. The molecule has 2 heterocycles. The third-order valence-electron chi connectivity index (χ3n) is 8.32. The van der Waals surface area contributed by atoms with E-state index in [9.17, 15) is 39.3 Å². The lowest BCUT2D eigenvalue weighted by Crippen LogP contribution is -2.62. The maximum atomic E-state index is 13.6. The monoisotopic (exact) mass is 608 g/mol. The number of carbonyl (C=O) groups excluding carboxylic acids is 4. The standard InChI is InChI=1S/C32H40N4O8/c1-32(19-22-11-15-24(38)16-12-22,31(44)33-20-28(40)36-18-4-7-26(36)30(42)43)34-29(41)25-6-3-17-35(25)27(39)8-2-5-21-9-13-23(37)14-10-21/h9-16,25-26,37-38H,2-8,17-20H2,1H3,(H,33,44)(H,34,41)(H,42,43)/t25-,26-,32-/m0/s1. The number of nitrogens with zero attached hydrogens (tertiary/aromatic N) is 2. The van der Waals surface area contributed by atoms with E-state index >= 15 is 0 Å². The highest BCUT2D eigenvalue weighted by Gasteiger charge is 2.41. The molecule has 2 aliphatic rings. The molecule has 12 nitrogen and oxygen atoms in total. The van der Waals surface area contributed by atoms with Crippen LogP contribution in [0.3, 0.4) is 0 Å². The number of carboxylic acids is 1. The zero-order valence-corrected chi connectivity index (χ0v) is 24.8. The van der Waals surface area contributed by atoms with Gasteiger partial charge in [0.25, 0.3) is 0 Å². The number of nitrogens with one attached hydrogen (secondary N) is 2. The van der Waals surface area contributed by atoms with Gasteiger partial charge in [-0.15, -0.1) is 0 Å². The lowest BCUT2D eigenvalue weighted by Gasteiger charge is -2.33. The van der Waals surface area contributed by atoms with Crippen molar-refractivity contribution >= 4 is 29.6 Å². The van der Waals surface area contributed by atoms with E-state index in [1.165, 1.54) is 24.0 Å². The van der Waals surface area contributed by atoms with E-state index < -0.39 is 47.9 Å². The lowest BCUT2D eigenvalue weighted by molar-refractivity contribution is -0.148. The van der Waals surface area contributed by atoms with Crippen LogP contribution in [0.15, 0.2) is 48.5 Å². The Kier molecular flexibility index (Phi) is 10.5. The van der Waals surface area contributed by atoms with Crippen LogP contribution in [0.1, 0.15) is 56.6 Å². The minimum absolute atomic E-state index is 0.0355. The lowest BCUT2D eigenvalue weighted by atomic mass is 9.91. The Morgan fingerprint density at radius 2 is 1.36 bits per heavy atom. The first-order valence-corrected chi connectivity index (χ1v) is 14.9. The fourth-order valence-corrected chi connectivity index (χ4v) is 5.92. The van der Waals surface area contributed by atoms with E-state index in [-0.39, 0.29) is 36.8 Å². The molecule has 2 saturated heterocycles. The average molecular weight is 609 g/mol. The highest BCUT2D eigenvalue weighted by molar-refractivity contribution is 5.96. The van der Waals surface area contributed by atoms with Crippen molar-refractivity contribution in [2.45, 2.75) is 75.9 Å². The van der Waals surface area contributed by atoms with E-state index in [1.807, 2.05) is 0 Å². The summed E-state index contributed by atoms with van der Waals surface area (Å²) in [5.41, 5.74) is 0.108. The van der Waals surface area contributed by atoms with Gasteiger partial charge in [-0.2, -0.15) is 0 Å². The number of phenols is 2. The number of aliphatic carboxylic acids is 1. The molecule has 4 amide bonds. The number of amides is 4. The van der Waals surface area contributed by atoms with Crippen LogP contribution in [0.25, 0.3) is 0 Å². The van der Waals surface area contributed by atoms with Crippen molar-refractivity contribution in [1.82, 2.24) is 20.4 Å². The zero-order valence-electron chi connectivity index (χ0n) is 24.8. The maximum absolute atomic E-state index is 13.6. The predicted octanol–water partition coefficient (Wildman–Crippen LogP) is 1.72. The quantitative estimate of drug-likeness (QED) is 0.242. The third kappa shape index (κ3) is 8.06. The maximum Gasteiger partial charge on any atom is 0.326 e. The number of hydrogen-bond donors (Lipinski definition) is 5. The van der Waals surface area contributed by atoms with Crippen LogP contribution in [0.5, 0.6) is 11.5 Å². The minimum Gasteiger partial charge on any atom is -0.508 e. The molecule has 3 atom stereocenters. The van der Waals surface area contributed by atoms with Gasteiger partial charge in [-0.1, -0.05) is 24.3 Å². The molecule has 5 N–H and O–H groups in total. The Hall–Kier alpha value is -4.61. The number of carboxylic acid groups (broad SMARTS) is 1. The van der Waals surface area contributed by atoms with Gasteiger partial charge in [0.2, 0.25) is 23.6 Å². The average Bonchev–Trinajstić information content (AvgIpc) is 3.69. The molecule has 4 rings (SSSR count). The van der Waals surface area contributed by atoms with Crippen LogP contribution in [0.4, 0.5) is 0 Å². The van der Waals surface area contributed by atoms with E-state index in [4.69, 9.17) is 0 Å². The van der Waals surface area contributed by atoms with Gasteiger partial charge in [0.05, 0.1) is 6.54 Å². The van der Waals surface area contributed by atoms with Gasteiger partial charge in [-0.25, -0.2) is 4.79 Å². The van der Waals surface area contributed by atoms with Gasteiger partial charge in [0, 0.05) is 25.9 Å². The summed E-state index contributed by atoms with van der Waals surface area (Å²) in [5, 5.41) is 34.0. The Balaban J connectivity index is 1.42. The molecule has 12 heteroatoms. The van der Waals surface area contributed by atoms with Crippen molar-refractivity contribution in [2.24, 2.45) is 0 Å². The SMILES string of the molecule is C[C@@](Cc1ccc(O)cc1)(NC(=O)[C@@H]1CCCN1C(=O)CCCc1ccc(O)cc1)C(=O)NCC(=O)N1CCC[C@H]1C(=O)O. The normalized spacial score (nSPS) is 19.3. The van der Waals surface area contributed by atoms with Crippen molar-refractivity contribution < 1.29 is 39.3 Å². The van der Waals surface area contributed by atoms with E-state index in [0.717, 1.165) is 5.56 Å². The number of carbonyl (C=O) groups is 5. The van der Waals surface area contributed by atoms with Crippen LogP contribution >= 0.6 is 0 Å². The Labute approximate surface area is 256 Å². The van der Waals surface area contributed by atoms with Gasteiger partial charge < -0.3 is 35.8 Å². The summed E-state index contributed by atoms with van der Waals surface area (Å²) >= 11 is 0. The number of hydrogen-bond acceptors (Lipinski definition) is 7. The van der Waals surface area contributed by atoms with Crippen LogP contribution in [0, 0.1) is 0 Å². The van der Waals surface area contributed by atoms with Crippen LogP contribution in [-0.4, -0.2) is 92.0 Å². The zero-order chi connectivity index (χ0) is 31.9. The Bertz CT molecular complexity index is 1360. The second-order valence-electron chi connectivity index (χ2n) is 11.7. The number of likely N-dealkylation sites (tertiary alicyclic amines) is 2. The third-order valence-corrected chi connectivity index (χ3v) is 8.32. The number of rotatable bonds is 12. The summed E-state index contributed by atoms with van der Waals surface area (Å²) in [4.78, 5) is 67.4. The van der Waals surface area contributed by atoms with Crippen molar-refractivity contribution in [1.29, 1.82) is 0 Å². The number of aromatic hydroxyl groups is 2. The molecule has 0 aromatic heterocycles. The number of phenolic OH excluding ortho intramolecular Hbond substituents is 2. The topological polar surface area (TPSA) is 177 Å². The van der Waals surface area contributed by atoms with E-state index in [2.05, 4.69) is 10.6 Å². The molecule has 0 aliphatic carbocycles. The molecule has 236 valence electrons. The fraction of sp³-hybridized carbons (Fsp3) is 0.469. The largest absolute Gasteiger partial charge is 0.508 e. The van der Waals surface area contributed by atoms with Gasteiger partial charge in [-0.3, -0.25) is 19.2 Å². The summed E-state index contributed by atoms with van der Waals surface area (Å²) in [6.45, 7) is 1.81. The summed E-state index contributed by atoms with van der Waals surface area (Å²) in [5.74, 6) is -2.68. The molecular formula is C32H40N4O8. The molecule has 2 aromatic carbocycles.